The van der Waals surface area contributed by atoms with E-state index in [4.69, 9.17) is 5.11 Å². The molecule has 0 spiro atoms. The van der Waals surface area contributed by atoms with Crippen LogP contribution in [0.4, 0.5) is 0 Å². The van der Waals surface area contributed by atoms with Crippen LogP contribution in [0.1, 0.15) is 19.5 Å². The molecule has 0 fully saturated rings. The zero-order valence-corrected chi connectivity index (χ0v) is 10.3. The van der Waals surface area contributed by atoms with Crippen molar-refractivity contribution in [3.63, 3.8) is 0 Å². The van der Waals surface area contributed by atoms with Crippen molar-refractivity contribution in [3.8, 4) is 5.75 Å². The summed E-state index contributed by atoms with van der Waals surface area (Å²) in [6.45, 7) is 7.07. The van der Waals surface area contributed by atoms with E-state index in [0.29, 0.717) is 6.04 Å². The molecule has 4 heteroatoms. The molecule has 0 saturated heterocycles. The summed E-state index contributed by atoms with van der Waals surface area (Å²) in [4.78, 5) is 6.39. The van der Waals surface area contributed by atoms with Gasteiger partial charge in [0.15, 0.2) is 0 Å². The fraction of sp³-hybridized carbons (Fsp3) is 0.583. The SMILES string of the molecule is CC(C)N(C)CCNCc1ccc(O)cn1. The number of likely N-dealkylation sites (N-methyl/N-ethyl adjacent to an activating group) is 1. The highest BCUT2D eigenvalue weighted by Crippen LogP contribution is 2.05. The highest BCUT2D eigenvalue weighted by atomic mass is 16.3. The first kappa shape index (κ1) is 12.9. The van der Waals surface area contributed by atoms with Gasteiger partial charge in [-0.05, 0) is 33.0 Å². The Morgan fingerprint density at radius 1 is 1.44 bits per heavy atom. The molecule has 0 atom stereocenters. The Labute approximate surface area is 97.3 Å². The highest BCUT2D eigenvalue weighted by molar-refractivity contribution is 5.17. The fourth-order valence-electron chi connectivity index (χ4n) is 1.25. The van der Waals surface area contributed by atoms with Crippen LogP contribution in [-0.2, 0) is 6.54 Å². The van der Waals surface area contributed by atoms with E-state index >= 15 is 0 Å². The van der Waals surface area contributed by atoms with E-state index < -0.39 is 0 Å². The lowest BCUT2D eigenvalue weighted by Crippen LogP contribution is -2.33. The van der Waals surface area contributed by atoms with Gasteiger partial charge in [0, 0.05) is 25.7 Å². The Kier molecular flexibility index (Phi) is 5.22. The smallest absolute Gasteiger partial charge is 0.133 e. The van der Waals surface area contributed by atoms with Crippen LogP contribution in [-0.4, -0.2) is 41.2 Å². The molecule has 0 saturated carbocycles. The summed E-state index contributed by atoms with van der Waals surface area (Å²) in [5, 5.41) is 12.4. The Bertz CT molecular complexity index is 298. The average molecular weight is 223 g/mol. The summed E-state index contributed by atoms with van der Waals surface area (Å²) in [6.07, 6.45) is 1.47. The van der Waals surface area contributed by atoms with Gasteiger partial charge in [0.1, 0.15) is 5.75 Å². The molecular weight excluding hydrogens is 202 g/mol. The van der Waals surface area contributed by atoms with Gasteiger partial charge in [-0.3, -0.25) is 4.98 Å². The molecule has 0 radical (unpaired) electrons. The first-order valence-electron chi connectivity index (χ1n) is 5.64. The third-order valence-corrected chi connectivity index (χ3v) is 2.64. The molecule has 0 aliphatic heterocycles. The van der Waals surface area contributed by atoms with Crippen LogP contribution in [0.3, 0.4) is 0 Å². The minimum absolute atomic E-state index is 0.211. The molecule has 0 amide bonds. The number of rotatable bonds is 6. The predicted octanol–water partition coefficient (Wildman–Crippen LogP) is 1.22. The van der Waals surface area contributed by atoms with Crippen LogP contribution in [0.25, 0.3) is 0 Å². The second-order valence-electron chi connectivity index (χ2n) is 4.26. The van der Waals surface area contributed by atoms with Crippen molar-refractivity contribution in [2.45, 2.75) is 26.4 Å². The molecule has 1 aromatic heterocycles. The van der Waals surface area contributed by atoms with Crippen LogP contribution in [0.5, 0.6) is 5.75 Å². The van der Waals surface area contributed by atoms with Gasteiger partial charge in [0.25, 0.3) is 0 Å². The molecule has 2 N–H and O–H groups in total. The molecular formula is C12H21N3O. The molecule has 1 rings (SSSR count). The van der Waals surface area contributed by atoms with Gasteiger partial charge in [-0.2, -0.15) is 0 Å². The molecule has 16 heavy (non-hydrogen) atoms. The number of aromatic hydroxyl groups is 1. The van der Waals surface area contributed by atoms with Crippen LogP contribution in [0.15, 0.2) is 18.3 Å². The van der Waals surface area contributed by atoms with Gasteiger partial charge in [-0.25, -0.2) is 0 Å². The summed E-state index contributed by atoms with van der Waals surface area (Å²) in [5.74, 6) is 0.211. The molecule has 90 valence electrons. The van der Waals surface area contributed by atoms with Gasteiger partial charge in [0.05, 0.1) is 11.9 Å². The van der Waals surface area contributed by atoms with E-state index in [-0.39, 0.29) is 5.75 Å². The van der Waals surface area contributed by atoms with Crippen LogP contribution in [0, 0.1) is 0 Å². The number of aromatic nitrogens is 1. The third kappa shape index (κ3) is 4.59. The van der Waals surface area contributed by atoms with Crippen molar-refractivity contribution in [2.24, 2.45) is 0 Å². The van der Waals surface area contributed by atoms with Gasteiger partial charge in [0.2, 0.25) is 0 Å². The van der Waals surface area contributed by atoms with Crippen molar-refractivity contribution in [1.82, 2.24) is 15.2 Å². The zero-order valence-electron chi connectivity index (χ0n) is 10.3. The van der Waals surface area contributed by atoms with Crippen molar-refractivity contribution >= 4 is 0 Å². The first-order chi connectivity index (χ1) is 7.59. The van der Waals surface area contributed by atoms with Crippen molar-refractivity contribution in [2.75, 3.05) is 20.1 Å². The van der Waals surface area contributed by atoms with Crippen molar-refractivity contribution < 1.29 is 5.11 Å². The summed E-state index contributed by atoms with van der Waals surface area (Å²) in [5.41, 5.74) is 0.949. The van der Waals surface area contributed by atoms with Crippen LogP contribution in [0.2, 0.25) is 0 Å². The first-order valence-corrected chi connectivity index (χ1v) is 5.64. The van der Waals surface area contributed by atoms with Gasteiger partial charge in [-0.15, -0.1) is 0 Å². The zero-order chi connectivity index (χ0) is 12.0. The minimum Gasteiger partial charge on any atom is -0.506 e. The largest absolute Gasteiger partial charge is 0.506 e. The summed E-state index contributed by atoms with van der Waals surface area (Å²) >= 11 is 0. The number of nitrogens with one attached hydrogen (secondary N) is 1. The standard InChI is InChI=1S/C12H21N3O/c1-10(2)15(3)7-6-13-8-11-4-5-12(16)9-14-11/h4-5,9-10,13,16H,6-8H2,1-3H3. The molecule has 0 aromatic carbocycles. The van der Waals surface area contributed by atoms with E-state index in [9.17, 15) is 0 Å². The lowest BCUT2D eigenvalue weighted by molar-refractivity contribution is 0.273. The normalized spacial score (nSPS) is 11.3. The summed E-state index contributed by atoms with van der Waals surface area (Å²) < 4.78 is 0. The van der Waals surface area contributed by atoms with E-state index in [2.05, 4.69) is 36.1 Å². The minimum atomic E-state index is 0.211. The predicted molar refractivity (Wildman–Crippen MR) is 65.4 cm³/mol. The van der Waals surface area contributed by atoms with E-state index in [1.54, 1.807) is 6.07 Å². The number of hydrogen-bond acceptors (Lipinski definition) is 4. The van der Waals surface area contributed by atoms with Crippen molar-refractivity contribution in [1.29, 1.82) is 0 Å². The Morgan fingerprint density at radius 3 is 2.75 bits per heavy atom. The van der Waals surface area contributed by atoms with E-state index in [1.807, 2.05) is 6.07 Å². The second kappa shape index (κ2) is 6.45. The monoisotopic (exact) mass is 223 g/mol. The molecule has 0 bridgehead atoms. The molecule has 0 unspecified atom stereocenters. The second-order valence-corrected chi connectivity index (χ2v) is 4.26. The maximum atomic E-state index is 9.07. The Balaban J connectivity index is 2.18. The number of hydrogen-bond donors (Lipinski definition) is 2. The van der Waals surface area contributed by atoms with E-state index in [0.717, 1.165) is 25.3 Å². The highest BCUT2D eigenvalue weighted by Gasteiger charge is 2.01. The quantitative estimate of drug-likeness (QED) is 0.712. The fourth-order valence-corrected chi connectivity index (χ4v) is 1.25. The molecule has 0 aliphatic rings. The Morgan fingerprint density at radius 2 is 2.19 bits per heavy atom. The van der Waals surface area contributed by atoms with Gasteiger partial charge >= 0.3 is 0 Å². The molecule has 1 heterocycles. The molecule has 1 aromatic rings. The maximum Gasteiger partial charge on any atom is 0.133 e. The summed E-state index contributed by atoms with van der Waals surface area (Å²) in [7, 11) is 2.12. The van der Waals surface area contributed by atoms with Gasteiger partial charge in [-0.1, -0.05) is 0 Å². The lowest BCUT2D eigenvalue weighted by Gasteiger charge is -2.20. The third-order valence-electron chi connectivity index (χ3n) is 2.64. The van der Waals surface area contributed by atoms with Crippen LogP contribution >= 0.6 is 0 Å². The molecule has 4 nitrogen and oxygen atoms in total. The number of nitrogens with zero attached hydrogens (tertiary/aromatic N) is 2. The lowest BCUT2D eigenvalue weighted by atomic mass is 10.3. The van der Waals surface area contributed by atoms with Crippen molar-refractivity contribution in [3.05, 3.63) is 24.0 Å². The maximum absolute atomic E-state index is 9.07. The topological polar surface area (TPSA) is 48.4 Å². The van der Waals surface area contributed by atoms with Crippen LogP contribution < -0.4 is 5.32 Å². The van der Waals surface area contributed by atoms with Gasteiger partial charge < -0.3 is 15.3 Å². The molecule has 0 aliphatic carbocycles. The van der Waals surface area contributed by atoms with E-state index in [1.165, 1.54) is 6.20 Å². The number of pyridine rings is 1. The summed E-state index contributed by atoms with van der Waals surface area (Å²) in [6, 6.07) is 4.06. The Hall–Kier alpha value is -1.13. The average Bonchev–Trinajstić information content (AvgIpc) is 2.26.